The molecule has 0 atom stereocenters. The summed E-state index contributed by atoms with van der Waals surface area (Å²) in [5.74, 6) is -0.718. The van der Waals surface area contributed by atoms with Gasteiger partial charge >= 0.3 is 5.97 Å². The van der Waals surface area contributed by atoms with Crippen molar-refractivity contribution in [1.82, 2.24) is 0 Å². The van der Waals surface area contributed by atoms with Crippen molar-refractivity contribution < 1.29 is 22.9 Å². The Balaban J connectivity index is 2.60. The van der Waals surface area contributed by atoms with E-state index in [1.54, 1.807) is 32.9 Å². The van der Waals surface area contributed by atoms with Crippen LogP contribution in [0.5, 0.6) is 0 Å². The zero-order valence-corrected chi connectivity index (χ0v) is 16.9. The number of non-ortho nitro benzene ring substituents is 1. The second-order valence-electron chi connectivity index (χ2n) is 6.52. The zero-order chi connectivity index (χ0) is 21.1. The fourth-order valence-corrected chi connectivity index (χ4v) is 4.11. The lowest BCUT2D eigenvalue weighted by Gasteiger charge is -2.26. The first-order valence-corrected chi connectivity index (χ1v) is 10.0. The molecule has 150 valence electrons. The van der Waals surface area contributed by atoms with Gasteiger partial charge in [-0.05, 0) is 51.0 Å². The van der Waals surface area contributed by atoms with Crippen LogP contribution in [-0.4, -0.2) is 32.0 Å². The number of anilines is 1. The minimum Gasteiger partial charge on any atom is -0.462 e. The van der Waals surface area contributed by atoms with Crippen LogP contribution in [0.3, 0.4) is 0 Å². The van der Waals surface area contributed by atoms with Crippen molar-refractivity contribution in [2.75, 3.05) is 10.8 Å². The van der Waals surface area contributed by atoms with Gasteiger partial charge < -0.3 is 4.74 Å². The SMILES string of the molecule is Cc1cccc(N(CC(=O)OC(C)C)S(=O)(=O)c2cccc([N+](=O)[O-])c2)c1C. The Kier molecular flexibility index (Phi) is 6.40. The Morgan fingerprint density at radius 3 is 2.43 bits per heavy atom. The lowest BCUT2D eigenvalue weighted by atomic mass is 10.1. The Morgan fingerprint density at radius 1 is 1.18 bits per heavy atom. The number of nitrogens with zero attached hydrogens (tertiary/aromatic N) is 2. The van der Waals surface area contributed by atoms with Crippen LogP contribution in [0.25, 0.3) is 0 Å². The van der Waals surface area contributed by atoms with Crippen molar-refractivity contribution in [3.63, 3.8) is 0 Å². The van der Waals surface area contributed by atoms with E-state index in [0.717, 1.165) is 15.9 Å². The van der Waals surface area contributed by atoms with Gasteiger partial charge in [0, 0.05) is 12.1 Å². The van der Waals surface area contributed by atoms with Crippen LogP contribution in [-0.2, 0) is 19.6 Å². The van der Waals surface area contributed by atoms with Crippen molar-refractivity contribution in [2.45, 2.75) is 38.7 Å². The molecule has 0 fully saturated rings. The Morgan fingerprint density at radius 2 is 1.82 bits per heavy atom. The molecule has 2 aromatic carbocycles. The van der Waals surface area contributed by atoms with Crippen LogP contribution in [0.4, 0.5) is 11.4 Å². The van der Waals surface area contributed by atoms with Crippen LogP contribution < -0.4 is 4.31 Å². The summed E-state index contributed by atoms with van der Waals surface area (Å²) in [5.41, 5.74) is 1.47. The highest BCUT2D eigenvalue weighted by Crippen LogP contribution is 2.29. The first-order valence-electron chi connectivity index (χ1n) is 8.57. The molecule has 0 aliphatic carbocycles. The van der Waals surface area contributed by atoms with E-state index in [1.165, 1.54) is 18.2 Å². The van der Waals surface area contributed by atoms with Gasteiger partial charge in [0.15, 0.2) is 0 Å². The fraction of sp³-hybridized carbons (Fsp3) is 0.316. The van der Waals surface area contributed by atoms with Gasteiger partial charge in [-0.3, -0.25) is 19.2 Å². The second-order valence-corrected chi connectivity index (χ2v) is 8.39. The van der Waals surface area contributed by atoms with Gasteiger partial charge in [0.05, 0.1) is 21.6 Å². The number of esters is 1. The molecule has 0 bridgehead atoms. The minimum atomic E-state index is -4.25. The normalized spacial score (nSPS) is 11.3. The van der Waals surface area contributed by atoms with E-state index < -0.39 is 33.6 Å². The van der Waals surface area contributed by atoms with Gasteiger partial charge in [-0.25, -0.2) is 8.42 Å². The van der Waals surface area contributed by atoms with Crippen LogP contribution in [0.15, 0.2) is 47.4 Å². The smallest absolute Gasteiger partial charge is 0.327 e. The van der Waals surface area contributed by atoms with Gasteiger partial charge in [-0.15, -0.1) is 0 Å². The number of ether oxygens (including phenoxy) is 1. The van der Waals surface area contributed by atoms with E-state index in [-0.39, 0.29) is 10.6 Å². The predicted octanol–water partition coefficient (Wildman–Crippen LogP) is 3.36. The summed E-state index contributed by atoms with van der Waals surface area (Å²) in [6, 6.07) is 9.81. The van der Waals surface area contributed by atoms with E-state index in [4.69, 9.17) is 4.74 Å². The van der Waals surface area contributed by atoms with E-state index in [0.29, 0.717) is 11.3 Å². The molecule has 0 unspecified atom stereocenters. The van der Waals surface area contributed by atoms with Gasteiger partial charge in [-0.1, -0.05) is 18.2 Å². The Labute approximate surface area is 163 Å². The number of sulfonamides is 1. The molecule has 0 spiro atoms. The third kappa shape index (κ3) is 4.66. The number of hydrogen-bond donors (Lipinski definition) is 0. The minimum absolute atomic E-state index is 0.278. The summed E-state index contributed by atoms with van der Waals surface area (Å²) in [7, 11) is -4.25. The number of aryl methyl sites for hydroxylation is 1. The van der Waals surface area contributed by atoms with E-state index in [9.17, 15) is 23.3 Å². The monoisotopic (exact) mass is 406 g/mol. The molecule has 0 heterocycles. The fourth-order valence-electron chi connectivity index (χ4n) is 2.61. The summed E-state index contributed by atoms with van der Waals surface area (Å²) in [5, 5.41) is 11.0. The number of hydrogen-bond acceptors (Lipinski definition) is 6. The van der Waals surface area contributed by atoms with Crippen molar-refractivity contribution in [3.8, 4) is 0 Å². The zero-order valence-electron chi connectivity index (χ0n) is 16.1. The van der Waals surface area contributed by atoms with Crippen LogP contribution in [0, 0.1) is 24.0 Å². The van der Waals surface area contributed by atoms with E-state index in [1.807, 2.05) is 13.0 Å². The predicted molar refractivity (Wildman–Crippen MR) is 105 cm³/mol. The summed E-state index contributed by atoms with van der Waals surface area (Å²) >= 11 is 0. The third-order valence-corrected chi connectivity index (χ3v) is 5.86. The molecule has 0 aromatic heterocycles. The van der Waals surface area contributed by atoms with Gasteiger partial charge in [0.25, 0.3) is 15.7 Å². The quantitative estimate of drug-likeness (QED) is 0.396. The maximum atomic E-state index is 13.3. The highest BCUT2D eigenvalue weighted by molar-refractivity contribution is 7.92. The highest BCUT2D eigenvalue weighted by atomic mass is 32.2. The van der Waals surface area contributed by atoms with Crippen molar-refractivity contribution in [3.05, 3.63) is 63.7 Å². The lowest BCUT2D eigenvalue weighted by Crippen LogP contribution is -2.37. The van der Waals surface area contributed by atoms with Crippen LogP contribution >= 0.6 is 0 Å². The summed E-state index contributed by atoms with van der Waals surface area (Å²) in [6.07, 6.45) is -0.409. The average Bonchev–Trinajstić information content (AvgIpc) is 2.61. The maximum absolute atomic E-state index is 13.3. The molecule has 0 N–H and O–H groups in total. The molecule has 2 aromatic rings. The van der Waals surface area contributed by atoms with Crippen molar-refractivity contribution in [2.24, 2.45) is 0 Å². The molecule has 0 aliphatic rings. The summed E-state index contributed by atoms with van der Waals surface area (Å²) < 4.78 is 32.6. The summed E-state index contributed by atoms with van der Waals surface area (Å²) in [6.45, 7) is 6.34. The maximum Gasteiger partial charge on any atom is 0.327 e. The molecule has 8 nitrogen and oxygen atoms in total. The Bertz CT molecular complexity index is 1000. The molecule has 2 rings (SSSR count). The molecule has 0 amide bonds. The molecule has 9 heteroatoms. The Hall–Kier alpha value is -2.94. The van der Waals surface area contributed by atoms with E-state index >= 15 is 0 Å². The van der Waals surface area contributed by atoms with E-state index in [2.05, 4.69) is 0 Å². The average molecular weight is 406 g/mol. The molecule has 0 aliphatic heterocycles. The topological polar surface area (TPSA) is 107 Å². The first kappa shape index (κ1) is 21.4. The summed E-state index contributed by atoms with van der Waals surface area (Å²) in [4.78, 5) is 22.3. The standard InChI is InChI=1S/C19H22N2O6S/c1-13(2)27-19(22)12-20(18-10-5-7-14(3)15(18)4)28(25,26)17-9-6-8-16(11-17)21(23)24/h5-11,13H,12H2,1-4H3. The number of nitro groups is 1. The molecular formula is C19H22N2O6S. The van der Waals surface area contributed by atoms with Crippen LogP contribution in [0.1, 0.15) is 25.0 Å². The molecule has 28 heavy (non-hydrogen) atoms. The number of nitro benzene ring substituents is 1. The van der Waals surface area contributed by atoms with Crippen molar-refractivity contribution >= 4 is 27.4 Å². The third-order valence-electron chi connectivity index (χ3n) is 4.10. The molecule has 0 saturated heterocycles. The number of benzene rings is 2. The first-order chi connectivity index (χ1) is 13.0. The highest BCUT2D eigenvalue weighted by Gasteiger charge is 2.30. The molecular weight excluding hydrogens is 384 g/mol. The van der Waals surface area contributed by atoms with Gasteiger partial charge in [0.1, 0.15) is 6.54 Å². The molecule has 0 saturated carbocycles. The lowest BCUT2D eigenvalue weighted by molar-refractivity contribution is -0.385. The van der Waals surface area contributed by atoms with Crippen LogP contribution in [0.2, 0.25) is 0 Å². The number of rotatable bonds is 7. The number of carbonyl (C=O) groups is 1. The van der Waals surface area contributed by atoms with Crippen molar-refractivity contribution in [1.29, 1.82) is 0 Å². The van der Waals surface area contributed by atoms with Gasteiger partial charge in [0.2, 0.25) is 0 Å². The largest absolute Gasteiger partial charge is 0.462 e. The van der Waals surface area contributed by atoms with Gasteiger partial charge in [-0.2, -0.15) is 0 Å². The molecule has 0 radical (unpaired) electrons. The second kappa shape index (κ2) is 8.39. The number of carbonyl (C=O) groups excluding carboxylic acids is 1.